The Bertz CT molecular complexity index is 933. The molecule has 0 unspecified atom stereocenters. The van der Waals surface area contributed by atoms with Gasteiger partial charge in [0.15, 0.2) is 10.3 Å². The van der Waals surface area contributed by atoms with E-state index in [9.17, 15) is 17.2 Å². The average Bonchev–Trinajstić information content (AvgIpc) is 3.38. The summed E-state index contributed by atoms with van der Waals surface area (Å²) < 4.78 is 54.3. The summed E-state index contributed by atoms with van der Waals surface area (Å²) in [6, 6.07) is 2.13. The van der Waals surface area contributed by atoms with E-state index in [0.717, 1.165) is 37.1 Å². The maximum absolute atomic E-state index is 14.5. The topological polar surface area (TPSA) is 71.1 Å². The monoisotopic (exact) mass is 449 g/mol. The van der Waals surface area contributed by atoms with Crippen LogP contribution in [-0.2, 0) is 10.0 Å². The van der Waals surface area contributed by atoms with E-state index in [-0.39, 0.29) is 10.2 Å². The van der Waals surface area contributed by atoms with Crippen LogP contribution in [0, 0.1) is 22.8 Å². The second-order valence-electron chi connectivity index (χ2n) is 7.01. The SMILES string of the molecule is CC[C@@H](CCC1CC1)CNc1cc(F)c(S(=O)(=O)Nc2ncc(F)s2)cc1Cl. The van der Waals surface area contributed by atoms with Crippen molar-refractivity contribution in [2.75, 3.05) is 16.6 Å². The molecule has 1 aliphatic rings. The second kappa shape index (κ2) is 8.92. The van der Waals surface area contributed by atoms with Gasteiger partial charge in [0.25, 0.3) is 10.0 Å². The summed E-state index contributed by atoms with van der Waals surface area (Å²) in [5.74, 6) is 0.366. The molecule has 1 atom stereocenters. The first-order chi connectivity index (χ1) is 13.3. The minimum Gasteiger partial charge on any atom is -0.383 e. The number of sulfonamides is 1. The number of hydrogen-bond acceptors (Lipinski definition) is 5. The summed E-state index contributed by atoms with van der Waals surface area (Å²) >= 11 is 6.70. The molecule has 28 heavy (non-hydrogen) atoms. The molecule has 1 heterocycles. The van der Waals surface area contributed by atoms with Crippen LogP contribution in [0.2, 0.25) is 5.02 Å². The minimum atomic E-state index is -4.27. The number of nitrogens with one attached hydrogen (secondary N) is 2. The molecule has 3 rings (SSSR count). The van der Waals surface area contributed by atoms with Crippen LogP contribution in [0.5, 0.6) is 0 Å². The normalized spacial score (nSPS) is 15.4. The fourth-order valence-electron chi connectivity index (χ4n) is 2.92. The van der Waals surface area contributed by atoms with E-state index in [4.69, 9.17) is 11.6 Å². The zero-order valence-electron chi connectivity index (χ0n) is 15.3. The lowest BCUT2D eigenvalue weighted by atomic mass is 9.98. The first-order valence-electron chi connectivity index (χ1n) is 9.15. The molecule has 0 saturated heterocycles. The van der Waals surface area contributed by atoms with Gasteiger partial charge in [-0.25, -0.2) is 17.8 Å². The molecule has 1 aliphatic carbocycles. The highest BCUT2D eigenvalue weighted by Gasteiger charge is 2.24. The number of halogens is 3. The summed E-state index contributed by atoms with van der Waals surface area (Å²) in [6.45, 7) is 2.76. The molecule has 10 heteroatoms. The Kier molecular flexibility index (Phi) is 6.77. The molecule has 5 nitrogen and oxygen atoms in total. The number of nitrogens with zero attached hydrogens (tertiary/aromatic N) is 1. The lowest BCUT2D eigenvalue weighted by molar-refractivity contribution is 0.459. The van der Waals surface area contributed by atoms with Gasteiger partial charge in [-0.2, -0.15) is 4.39 Å². The minimum absolute atomic E-state index is 0.101. The van der Waals surface area contributed by atoms with Crippen LogP contribution in [-0.4, -0.2) is 19.9 Å². The Morgan fingerprint density at radius 2 is 2.11 bits per heavy atom. The Morgan fingerprint density at radius 3 is 2.71 bits per heavy atom. The van der Waals surface area contributed by atoms with Crippen LogP contribution in [0.15, 0.2) is 23.2 Å². The third kappa shape index (κ3) is 5.55. The molecule has 1 saturated carbocycles. The summed E-state index contributed by atoms with van der Waals surface area (Å²) in [4.78, 5) is 2.96. The first kappa shape index (κ1) is 21.3. The van der Waals surface area contributed by atoms with E-state index in [2.05, 4.69) is 21.9 Å². The van der Waals surface area contributed by atoms with E-state index in [0.29, 0.717) is 29.5 Å². The van der Waals surface area contributed by atoms with Crippen LogP contribution >= 0.6 is 22.9 Å². The predicted molar refractivity (Wildman–Crippen MR) is 109 cm³/mol. The van der Waals surface area contributed by atoms with E-state index in [1.165, 1.54) is 19.3 Å². The molecule has 0 radical (unpaired) electrons. The number of hydrogen-bond donors (Lipinski definition) is 2. The quantitative estimate of drug-likeness (QED) is 0.502. The van der Waals surface area contributed by atoms with Crippen molar-refractivity contribution in [3.05, 3.63) is 34.3 Å². The molecule has 0 bridgehead atoms. The summed E-state index contributed by atoms with van der Waals surface area (Å²) in [5, 5.41) is 2.40. The van der Waals surface area contributed by atoms with Gasteiger partial charge in [-0.1, -0.05) is 55.5 Å². The molecule has 1 aromatic carbocycles. The van der Waals surface area contributed by atoms with Gasteiger partial charge in [-0.3, -0.25) is 4.72 Å². The highest BCUT2D eigenvalue weighted by Crippen LogP contribution is 2.35. The largest absolute Gasteiger partial charge is 0.383 e. The Labute approximate surface area is 172 Å². The van der Waals surface area contributed by atoms with Crippen molar-refractivity contribution in [1.29, 1.82) is 0 Å². The summed E-state index contributed by atoms with van der Waals surface area (Å²) in [6.07, 6.45) is 6.83. The molecule has 1 fully saturated rings. The van der Waals surface area contributed by atoms with Gasteiger partial charge in [0.1, 0.15) is 10.7 Å². The van der Waals surface area contributed by atoms with Crippen molar-refractivity contribution < 1.29 is 17.2 Å². The third-order valence-corrected chi connectivity index (χ3v) is 7.35. The Balaban J connectivity index is 1.69. The predicted octanol–water partition coefficient (Wildman–Crippen LogP) is 5.50. The molecule has 2 aromatic rings. The number of thiazole rings is 1. The van der Waals surface area contributed by atoms with E-state index >= 15 is 0 Å². The van der Waals surface area contributed by atoms with Crippen molar-refractivity contribution >= 4 is 43.8 Å². The van der Waals surface area contributed by atoms with Crippen molar-refractivity contribution in [3.8, 4) is 0 Å². The number of rotatable bonds is 10. The van der Waals surface area contributed by atoms with Crippen molar-refractivity contribution in [2.24, 2.45) is 11.8 Å². The Morgan fingerprint density at radius 1 is 1.36 bits per heavy atom. The van der Waals surface area contributed by atoms with Gasteiger partial charge >= 0.3 is 0 Å². The van der Waals surface area contributed by atoms with Crippen molar-refractivity contribution in [1.82, 2.24) is 4.98 Å². The second-order valence-corrected chi connectivity index (χ2v) is 10.1. The van der Waals surface area contributed by atoms with Gasteiger partial charge in [-0.15, -0.1) is 0 Å². The van der Waals surface area contributed by atoms with Crippen molar-refractivity contribution in [2.45, 2.75) is 43.9 Å². The molecule has 0 spiro atoms. The van der Waals surface area contributed by atoms with Crippen molar-refractivity contribution in [3.63, 3.8) is 0 Å². The fourth-order valence-corrected chi connectivity index (χ4v) is 5.09. The highest BCUT2D eigenvalue weighted by molar-refractivity contribution is 7.93. The van der Waals surface area contributed by atoms with Gasteiger partial charge < -0.3 is 5.32 Å². The fraction of sp³-hybridized carbons (Fsp3) is 0.500. The van der Waals surface area contributed by atoms with Gasteiger partial charge in [0.05, 0.1) is 16.9 Å². The number of benzene rings is 1. The van der Waals surface area contributed by atoms with E-state index in [1.54, 1.807) is 0 Å². The molecule has 0 aliphatic heterocycles. The van der Waals surface area contributed by atoms with E-state index < -0.39 is 25.9 Å². The van der Waals surface area contributed by atoms with Crippen LogP contribution in [0.1, 0.15) is 39.0 Å². The van der Waals surface area contributed by atoms with Gasteiger partial charge in [0.2, 0.25) is 0 Å². The Hall–Kier alpha value is -1.45. The average molecular weight is 450 g/mol. The first-order valence-corrected chi connectivity index (χ1v) is 11.8. The zero-order valence-corrected chi connectivity index (χ0v) is 17.7. The van der Waals surface area contributed by atoms with Crippen LogP contribution in [0.3, 0.4) is 0 Å². The molecule has 154 valence electrons. The molecular weight excluding hydrogens is 428 g/mol. The van der Waals surface area contributed by atoms with Gasteiger partial charge in [0, 0.05) is 6.54 Å². The van der Waals surface area contributed by atoms with Crippen LogP contribution < -0.4 is 10.0 Å². The standard InChI is InChI=1S/C18H22ClF2N3O2S2/c1-2-11(3-4-12-5-6-12)9-22-15-8-14(20)16(7-13(15)19)28(25,26)24-18-23-10-17(21)27-18/h7-8,10-12,22H,2-6,9H2,1H3,(H,23,24)/t11-/m0/s1. The van der Waals surface area contributed by atoms with Crippen LogP contribution in [0.4, 0.5) is 19.6 Å². The smallest absolute Gasteiger partial charge is 0.266 e. The third-order valence-electron chi connectivity index (χ3n) is 4.85. The molecular formula is C18H22ClF2N3O2S2. The molecule has 2 N–H and O–H groups in total. The summed E-state index contributed by atoms with van der Waals surface area (Å²) in [7, 11) is -4.27. The maximum Gasteiger partial charge on any atom is 0.266 e. The lowest BCUT2D eigenvalue weighted by Crippen LogP contribution is -2.16. The molecule has 1 aromatic heterocycles. The lowest BCUT2D eigenvalue weighted by Gasteiger charge is -2.18. The van der Waals surface area contributed by atoms with Crippen LogP contribution in [0.25, 0.3) is 0 Å². The number of anilines is 2. The molecule has 0 amide bonds. The van der Waals surface area contributed by atoms with Gasteiger partial charge in [-0.05, 0) is 30.4 Å². The highest BCUT2D eigenvalue weighted by atomic mass is 35.5. The van der Waals surface area contributed by atoms with E-state index in [1.807, 2.05) is 0 Å². The number of aromatic nitrogens is 1. The summed E-state index contributed by atoms with van der Waals surface area (Å²) in [5.41, 5.74) is 0.350. The zero-order chi connectivity index (χ0) is 20.3. The maximum atomic E-state index is 14.5.